The van der Waals surface area contributed by atoms with Gasteiger partial charge in [-0.3, -0.25) is 0 Å². The predicted molar refractivity (Wildman–Crippen MR) is 69.7 cm³/mol. The average Bonchev–Trinajstić information content (AvgIpc) is 2.96. The number of para-hydroxylation sites is 2. The summed E-state index contributed by atoms with van der Waals surface area (Å²) in [5.41, 5.74) is 2.28. The second kappa shape index (κ2) is 4.34. The normalized spacial score (nSPS) is 16.1. The maximum Gasteiger partial charge on any atom is 0.123 e. The molecule has 1 heterocycles. The van der Waals surface area contributed by atoms with E-state index in [9.17, 15) is 0 Å². The molecule has 1 N–H and O–H groups in total. The summed E-state index contributed by atoms with van der Waals surface area (Å²) in [6.45, 7) is 0.845. The standard InChI is InChI=1S/C14H17N3/c1-17-13-9-5-4-8-12(13)16-14(17)10-15-11-6-2-3-7-11/h2-5,8-9,11,15H,6-7,10H2,1H3. The number of hydrogen-bond donors (Lipinski definition) is 1. The van der Waals surface area contributed by atoms with E-state index in [-0.39, 0.29) is 0 Å². The van der Waals surface area contributed by atoms with E-state index >= 15 is 0 Å². The van der Waals surface area contributed by atoms with Crippen LogP contribution in [0.5, 0.6) is 0 Å². The molecule has 3 rings (SSSR count). The van der Waals surface area contributed by atoms with Crippen LogP contribution in [0.25, 0.3) is 11.0 Å². The molecule has 0 spiro atoms. The summed E-state index contributed by atoms with van der Waals surface area (Å²) >= 11 is 0. The number of nitrogens with one attached hydrogen (secondary N) is 1. The lowest BCUT2D eigenvalue weighted by molar-refractivity contribution is 0.521. The quantitative estimate of drug-likeness (QED) is 0.816. The molecule has 0 aliphatic heterocycles. The highest BCUT2D eigenvalue weighted by Gasteiger charge is 2.11. The molecular formula is C14H17N3. The summed E-state index contributed by atoms with van der Waals surface area (Å²) in [5, 5.41) is 3.55. The van der Waals surface area contributed by atoms with Gasteiger partial charge in [0.2, 0.25) is 0 Å². The van der Waals surface area contributed by atoms with Crippen LogP contribution in [0.4, 0.5) is 0 Å². The Bertz CT molecular complexity index is 546. The summed E-state index contributed by atoms with van der Waals surface area (Å²) in [5.74, 6) is 1.11. The minimum Gasteiger partial charge on any atom is -0.330 e. The van der Waals surface area contributed by atoms with E-state index in [1.54, 1.807) is 0 Å². The Morgan fingerprint density at radius 1 is 1.29 bits per heavy atom. The smallest absolute Gasteiger partial charge is 0.123 e. The van der Waals surface area contributed by atoms with E-state index in [0.29, 0.717) is 6.04 Å². The SMILES string of the molecule is Cn1c(CNC2CC=CC2)nc2ccccc21. The van der Waals surface area contributed by atoms with Gasteiger partial charge >= 0.3 is 0 Å². The molecule has 2 aromatic rings. The molecule has 1 aromatic carbocycles. The molecule has 0 bridgehead atoms. The van der Waals surface area contributed by atoms with E-state index in [4.69, 9.17) is 0 Å². The first-order chi connectivity index (χ1) is 8.34. The summed E-state index contributed by atoms with van der Waals surface area (Å²) in [6.07, 6.45) is 6.77. The number of fused-ring (bicyclic) bond motifs is 1. The molecule has 17 heavy (non-hydrogen) atoms. The number of rotatable bonds is 3. The molecule has 0 saturated carbocycles. The Kier molecular flexibility index (Phi) is 2.69. The van der Waals surface area contributed by atoms with Crippen LogP contribution >= 0.6 is 0 Å². The lowest BCUT2D eigenvalue weighted by Crippen LogP contribution is -2.26. The molecule has 0 amide bonds. The zero-order chi connectivity index (χ0) is 11.7. The molecule has 3 heteroatoms. The van der Waals surface area contributed by atoms with Crippen LogP contribution in [0.15, 0.2) is 36.4 Å². The van der Waals surface area contributed by atoms with Gasteiger partial charge in [0, 0.05) is 13.1 Å². The van der Waals surface area contributed by atoms with Crippen LogP contribution in [0, 0.1) is 0 Å². The Morgan fingerprint density at radius 2 is 2.06 bits per heavy atom. The second-order valence-corrected chi connectivity index (χ2v) is 4.60. The van der Waals surface area contributed by atoms with Gasteiger partial charge < -0.3 is 9.88 Å². The fourth-order valence-electron chi connectivity index (χ4n) is 2.37. The highest BCUT2D eigenvalue weighted by atomic mass is 15.1. The number of imidazole rings is 1. The monoisotopic (exact) mass is 227 g/mol. The van der Waals surface area contributed by atoms with E-state index < -0.39 is 0 Å². The average molecular weight is 227 g/mol. The minimum absolute atomic E-state index is 0.592. The lowest BCUT2D eigenvalue weighted by atomic mass is 10.2. The van der Waals surface area contributed by atoms with Crippen molar-refractivity contribution in [2.24, 2.45) is 7.05 Å². The Hall–Kier alpha value is -1.61. The molecule has 0 saturated heterocycles. The van der Waals surface area contributed by atoms with Crippen LogP contribution in [0.1, 0.15) is 18.7 Å². The molecule has 1 aromatic heterocycles. The number of aromatic nitrogens is 2. The molecule has 1 aliphatic carbocycles. The maximum absolute atomic E-state index is 4.65. The van der Waals surface area contributed by atoms with Crippen LogP contribution in [0.2, 0.25) is 0 Å². The fourth-order valence-corrected chi connectivity index (χ4v) is 2.37. The highest BCUT2D eigenvalue weighted by molar-refractivity contribution is 5.75. The largest absolute Gasteiger partial charge is 0.330 e. The molecule has 3 nitrogen and oxygen atoms in total. The van der Waals surface area contributed by atoms with Gasteiger partial charge in [0.05, 0.1) is 17.6 Å². The molecule has 1 aliphatic rings. The van der Waals surface area contributed by atoms with E-state index in [2.05, 4.69) is 52.3 Å². The van der Waals surface area contributed by atoms with Gasteiger partial charge in [0.25, 0.3) is 0 Å². The van der Waals surface area contributed by atoms with Crippen molar-refractivity contribution in [3.8, 4) is 0 Å². The van der Waals surface area contributed by atoms with Gasteiger partial charge in [0.1, 0.15) is 5.82 Å². The fraction of sp³-hybridized carbons (Fsp3) is 0.357. The van der Waals surface area contributed by atoms with E-state index in [1.165, 1.54) is 5.52 Å². The lowest BCUT2D eigenvalue weighted by Gasteiger charge is -2.11. The topological polar surface area (TPSA) is 29.9 Å². The Morgan fingerprint density at radius 3 is 2.82 bits per heavy atom. The van der Waals surface area contributed by atoms with Crippen molar-refractivity contribution in [3.05, 3.63) is 42.2 Å². The van der Waals surface area contributed by atoms with Crippen molar-refractivity contribution in [3.63, 3.8) is 0 Å². The zero-order valence-corrected chi connectivity index (χ0v) is 10.1. The number of benzene rings is 1. The maximum atomic E-state index is 4.65. The van der Waals surface area contributed by atoms with Crippen molar-refractivity contribution >= 4 is 11.0 Å². The van der Waals surface area contributed by atoms with Gasteiger partial charge in [-0.2, -0.15) is 0 Å². The first kappa shape index (κ1) is 10.5. The molecule has 0 fully saturated rings. The van der Waals surface area contributed by atoms with Crippen molar-refractivity contribution in [1.82, 2.24) is 14.9 Å². The first-order valence-electron chi connectivity index (χ1n) is 6.13. The van der Waals surface area contributed by atoms with Gasteiger partial charge in [-0.05, 0) is 25.0 Å². The van der Waals surface area contributed by atoms with Crippen molar-refractivity contribution < 1.29 is 0 Å². The van der Waals surface area contributed by atoms with E-state index in [0.717, 1.165) is 30.7 Å². The highest BCUT2D eigenvalue weighted by Crippen LogP contribution is 2.15. The molecule has 0 unspecified atom stereocenters. The molecule has 88 valence electrons. The van der Waals surface area contributed by atoms with Crippen LogP contribution in [-0.2, 0) is 13.6 Å². The summed E-state index contributed by atoms with van der Waals surface area (Å²) < 4.78 is 2.17. The van der Waals surface area contributed by atoms with Gasteiger partial charge in [-0.15, -0.1) is 0 Å². The molecule has 0 atom stereocenters. The minimum atomic E-state index is 0.592. The zero-order valence-electron chi connectivity index (χ0n) is 10.1. The number of aryl methyl sites for hydroxylation is 1. The Labute approximate surface area is 101 Å². The van der Waals surface area contributed by atoms with Crippen molar-refractivity contribution in [1.29, 1.82) is 0 Å². The third kappa shape index (κ3) is 1.98. The summed E-state index contributed by atoms with van der Waals surface area (Å²) in [7, 11) is 2.08. The van der Waals surface area contributed by atoms with Crippen LogP contribution in [-0.4, -0.2) is 15.6 Å². The molecule has 0 radical (unpaired) electrons. The summed E-state index contributed by atoms with van der Waals surface area (Å²) in [6, 6.07) is 8.86. The molecular weight excluding hydrogens is 210 g/mol. The predicted octanol–water partition coefficient (Wildman–Crippen LogP) is 2.38. The van der Waals surface area contributed by atoms with Crippen LogP contribution in [0.3, 0.4) is 0 Å². The summed E-state index contributed by atoms with van der Waals surface area (Å²) in [4.78, 5) is 4.65. The van der Waals surface area contributed by atoms with E-state index in [1.807, 2.05) is 6.07 Å². The first-order valence-corrected chi connectivity index (χ1v) is 6.13. The third-order valence-electron chi connectivity index (χ3n) is 3.44. The van der Waals surface area contributed by atoms with Crippen molar-refractivity contribution in [2.75, 3.05) is 0 Å². The van der Waals surface area contributed by atoms with Gasteiger partial charge in [-0.1, -0.05) is 24.3 Å². The third-order valence-corrected chi connectivity index (χ3v) is 3.44. The van der Waals surface area contributed by atoms with Gasteiger partial charge in [0.15, 0.2) is 0 Å². The van der Waals surface area contributed by atoms with Crippen molar-refractivity contribution in [2.45, 2.75) is 25.4 Å². The number of nitrogens with zero attached hydrogens (tertiary/aromatic N) is 2. The second-order valence-electron chi connectivity index (χ2n) is 4.60. The van der Waals surface area contributed by atoms with Gasteiger partial charge in [-0.25, -0.2) is 4.98 Å². The number of hydrogen-bond acceptors (Lipinski definition) is 2. The Balaban J connectivity index is 1.78. The van der Waals surface area contributed by atoms with Crippen LogP contribution < -0.4 is 5.32 Å².